The zero-order chi connectivity index (χ0) is 26.7. The van der Waals surface area contributed by atoms with Crippen molar-refractivity contribution in [2.24, 2.45) is 17.6 Å². The van der Waals surface area contributed by atoms with E-state index in [-0.39, 0.29) is 23.3 Å². The molecule has 0 aromatic heterocycles. The standard InChI is InChI=1S/C26H33N3O7/c1-5-29(6-2)11-12-7-8-16(30)18-14(12)9-13-10-15-20(28(3)4)22(32)19(25(27)35)24(34)26(15,36)23(33)17(13)21(18)31/h7-8,13,15,20,30-31,34,36H,5-6,9-11H2,1-4H3,(H2,27,35)/t13?,15-,20+,26-/m0/s1. The lowest BCUT2D eigenvalue weighted by Crippen LogP contribution is -2.65. The summed E-state index contributed by atoms with van der Waals surface area (Å²) in [6.45, 7) is 6.26. The molecule has 1 fully saturated rings. The lowest BCUT2D eigenvalue weighted by atomic mass is 9.57. The Morgan fingerprint density at radius 3 is 2.33 bits per heavy atom. The number of aromatic hydroxyl groups is 1. The number of Topliss-reactive ketones (excluding diaryl/α,β-unsaturated/α-hetero) is 2. The van der Waals surface area contributed by atoms with Gasteiger partial charge in [0.25, 0.3) is 5.91 Å². The summed E-state index contributed by atoms with van der Waals surface area (Å²) in [5.41, 5.74) is 3.47. The molecule has 0 spiro atoms. The van der Waals surface area contributed by atoms with Gasteiger partial charge < -0.3 is 26.2 Å². The number of aliphatic hydroxyl groups excluding tert-OH is 2. The highest BCUT2D eigenvalue weighted by Crippen LogP contribution is 2.52. The normalized spacial score (nSPS) is 27.9. The summed E-state index contributed by atoms with van der Waals surface area (Å²) in [7, 11) is 3.15. The van der Waals surface area contributed by atoms with Gasteiger partial charge in [0.2, 0.25) is 5.78 Å². The fraction of sp³-hybridized carbons (Fsp3) is 0.500. The van der Waals surface area contributed by atoms with Gasteiger partial charge in [-0.1, -0.05) is 19.9 Å². The van der Waals surface area contributed by atoms with E-state index < -0.39 is 58.0 Å². The molecule has 0 radical (unpaired) electrons. The maximum atomic E-state index is 13.8. The Morgan fingerprint density at radius 2 is 1.78 bits per heavy atom. The molecule has 6 N–H and O–H groups in total. The minimum absolute atomic E-state index is 0.0755. The number of fused-ring (bicyclic) bond motifs is 3. The number of likely N-dealkylation sites (N-methyl/N-ethyl adjacent to an activating group) is 1. The van der Waals surface area contributed by atoms with Crippen LogP contribution in [-0.4, -0.2) is 86.5 Å². The molecule has 0 aliphatic heterocycles. The van der Waals surface area contributed by atoms with Gasteiger partial charge in [0, 0.05) is 18.0 Å². The van der Waals surface area contributed by atoms with E-state index in [1.165, 1.54) is 11.0 Å². The molecule has 1 unspecified atom stereocenters. The molecule has 10 nitrogen and oxygen atoms in total. The molecule has 0 bridgehead atoms. The molecule has 10 heteroatoms. The number of hydrogen-bond acceptors (Lipinski definition) is 9. The van der Waals surface area contributed by atoms with Gasteiger partial charge in [-0.15, -0.1) is 0 Å². The minimum Gasteiger partial charge on any atom is -0.508 e. The Balaban J connectivity index is 1.92. The number of aliphatic hydroxyl groups is 3. The number of primary amides is 1. The number of carbonyl (C=O) groups excluding carboxylic acids is 3. The number of hydrogen-bond donors (Lipinski definition) is 5. The Labute approximate surface area is 209 Å². The molecule has 1 amide bonds. The molecule has 1 aromatic rings. The molecule has 3 aliphatic rings. The highest BCUT2D eigenvalue weighted by Gasteiger charge is 2.64. The molecule has 4 atom stereocenters. The number of amides is 1. The fourth-order valence-electron chi connectivity index (χ4n) is 6.14. The number of phenolic OH excluding ortho intramolecular Hbond substituents is 1. The van der Waals surface area contributed by atoms with E-state index >= 15 is 0 Å². The van der Waals surface area contributed by atoms with Gasteiger partial charge >= 0.3 is 0 Å². The maximum absolute atomic E-state index is 13.8. The molecular weight excluding hydrogens is 466 g/mol. The Bertz CT molecular complexity index is 1210. The van der Waals surface area contributed by atoms with Crippen molar-refractivity contribution in [1.29, 1.82) is 0 Å². The molecular formula is C26H33N3O7. The van der Waals surface area contributed by atoms with Crippen LogP contribution in [0.25, 0.3) is 5.76 Å². The van der Waals surface area contributed by atoms with Gasteiger partial charge in [-0.05, 0) is 63.1 Å². The molecule has 0 saturated heterocycles. The molecule has 194 valence electrons. The second-order valence-electron chi connectivity index (χ2n) is 10.0. The predicted octanol–water partition coefficient (Wildman–Crippen LogP) is 0.806. The van der Waals surface area contributed by atoms with E-state index in [4.69, 9.17) is 5.73 Å². The van der Waals surface area contributed by atoms with E-state index in [9.17, 15) is 34.8 Å². The highest BCUT2D eigenvalue weighted by molar-refractivity contribution is 6.24. The molecule has 36 heavy (non-hydrogen) atoms. The molecule has 1 aromatic carbocycles. The number of benzene rings is 1. The summed E-state index contributed by atoms with van der Waals surface area (Å²) in [5, 5.41) is 44.4. The van der Waals surface area contributed by atoms with E-state index in [1.54, 1.807) is 20.2 Å². The zero-order valence-corrected chi connectivity index (χ0v) is 20.9. The number of carbonyl (C=O) groups is 3. The van der Waals surface area contributed by atoms with Crippen molar-refractivity contribution in [3.05, 3.63) is 45.7 Å². The third kappa shape index (κ3) is 3.55. The van der Waals surface area contributed by atoms with Crippen molar-refractivity contribution >= 4 is 23.2 Å². The molecule has 4 rings (SSSR count). The number of ketones is 2. The van der Waals surface area contributed by atoms with E-state index in [1.807, 2.05) is 13.8 Å². The first kappa shape index (κ1) is 25.9. The second kappa shape index (κ2) is 9.02. The third-order valence-corrected chi connectivity index (χ3v) is 7.99. The Hall–Kier alpha value is -3.21. The van der Waals surface area contributed by atoms with E-state index in [0.29, 0.717) is 18.5 Å². The van der Waals surface area contributed by atoms with Crippen LogP contribution in [0.15, 0.2) is 29.0 Å². The monoisotopic (exact) mass is 499 g/mol. The van der Waals surface area contributed by atoms with Gasteiger partial charge in [-0.25, -0.2) is 0 Å². The van der Waals surface area contributed by atoms with Crippen molar-refractivity contribution in [3.8, 4) is 5.75 Å². The highest BCUT2D eigenvalue weighted by atomic mass is 16.3. The zero-order valence-electron chi connectivity index (χ0n) is 20.9. The first-order valence-electron chi connectivity index (χ1n) is 12.1. The van der Waals surface area contributed by atoms with Crippen LogP contribution in [0.2, 0.25) is 0 Å². The van der Waals surface area contributed by atoms with Crippen LogP contribution < -0.4 is 5.73 Å². The van der Waals surface area contributed by atoms with Gasteiger partial charge in [-0.3, -0.25) is 24.2 Å². The summed E-state index contributed by atoms with van der Waals surface area (Å²) in [6, 6.07) is 2.16. The minimum atomic E-state index is -2.63. The van der Waals surface area contributed by atoms with Crippen LogP contribution in [0.5, 0.6) is 5.75 Å². The van der Waals surface area contributed by atoms with Crippen molar-refractivity contribution in [2.75, 3.05) is 27.2 Å². The van der Waals surface area contributed by atoms with Crippen LogP contribution in [0, 0.1) is 11.8 Å². The average molecular weight is 500 g/mol. The third-order valence-electron chi connectivity index (χ3n) is 7.99. The first-order chi connectivity index (χ1) is 16.9. The molecule has 1 saturated carbocycles. The largest absolute Gasteiger partial charge is 0.508 e. The molecule has 3 aliphatic carbocycles. The lowest BCUT2D eigenvalue weighted by Gasteiger charge is -2.50. The van der Waals surface area contributed by atoms with Crippen LogP contribution in [0.1, 0.15) is 37.0 Å². The predicted molar refractivity (Wildman–Crippen MR) is 131 cm³/mol. The smallest absolute Gasteiger partial charge is 0.255 e. The van der Waals surface area contributed by atoms with Crippen LogP contribution in [0.3, 0.4) is 0 Å². The number of phenols is 1. The summed E-state index contributed by atoms with van der Waals surface area (Å²) < 4.78 is 0. The van der Waals surface area contributed by atoms with Crippen LogP contribution >= 0.6 is 0 Å². The fourth-order valence-corrected chi connectivity index (χ4v) is 6.14. The summed E-state index contributed by atoms with van der Waals surface area (Å²) in [4.78, 5) is 42.7. The first-order valence-corrected chi connectivity index (χ1v) is 12.1. The van der Waals surface area contributed by atoms with Gasteiger partial charge in [0.05, 0.1) is 11.6 Å². The summed E-state index contributed by atoms with van der Waals surface area (Å²) in [6.07, 6.45) is 0.367. The maximum Gasteiger partial charge on any atom is 0.255 e. The number of rotatable bonds is 6. The van der Waals surface area contributed by atoms with E-state index in [0.717, 1.165) is 18.7 Å². The number of nitrogens with zero attached hydrogens (tertiary/aromatic N) is 2. The van der Waals surface area contributed by atoms with E-state index in [2.05, 4.69) is 4.90 Å². The number of nitrogens with two attached hydrogens (primary N) is 1. The Kier molecular flexibility index (Phi) is 6.48. The average Bonchev–Trinajstić information content (AvgIpc) is 2.80. The van der Waals surface area contributed by atoms with Crippen molar-refractivity contribution in [3.63, 3.8) is 0 Å². The second-order valence-corrected chi connectivity index (χ2v) is 10.0. The Morgan fingerprint density at radius 1 is 1.14 bits per heavy atom. The van der Waals surface area contributed by atoms with Crippen LogP contribution in [0.4, 0.5) is 0 Å². The van der Waals surface area contributed by atoms with Crippen LogP contribution in [-0.2, 0) is 27.3 Å². The van der Waals surface area contributed by atoms with Gasteiger partial charge in [0.1, 0.15) is 22.8 Å². The molecule has 0 heterocycles. The van der Waals surface area contributed by atoms with Crippen molar-refractivity contribution in [1.82, 2.24) is 9.80 Å². The van der Waals surface area contributed by atoms with Gasteiger partial charge in [0.15, 0.2) is 11.4 Å². The van der Waals surface area contributed by atoms with Gasteiger partial charge in [-0.2, -0.15) is 0 Å². The SMILES string of the molecule is CCN(CC)Cc1ccc(O)c2c1CC1C[C@H]3[C@@H](N(C)C)C(=O)C(C(N)=O)=C(O)[C@@]3(O)C(=O)C1=C2O. The van der Waals surface area contributed by atoms with Crippen molar-refractivity contribution in [2.45, 2.75) is 44.9 Å². The topological polar surface area (TPSA) is 165 Å². The lowest BCUT2D eigenvalue weighted by molar-refractivity contribution is -0.153. The van der Waals surface area contributed by atoms with Crippen molar-refractivity contribution < 1.29 is 34.8 Å². The summed E-state index contributed by atoms with van der Waals surface area (Å²) >= 11 is 0. The summed E-state index contributed by atoms with van der Waals surface area (Å²) in [5.74, 6) is -6.44. The quantitative estimate of drug-likeness (QED) is 0.356.